The van der Waals surface area contributed by atoms with E-state index in [1.54, 1.807) is 11.8 Å². The van der Waals surface area contributed by atoms with Gasteiger partial charge in [-0.1, -0.05) is 17.3 Å². The molecule has 0 aliphatic rings. The molecule has 0 unspecified atom stereocenters. The molecule has 3 N–H and O–H groups in total. The second-order valence-electron chi connectivity index (χ2n) is 5.17. The summed E-state index contributed by atoms with van der Waals surface area (Å²) in [5, 5.41) is 18.8. The number of anilines is 1. The van der Waals surface area contributed by atoms with Gasteiger partial charge in [0.2, 0.25) is 11.6 Å². The van der Waals surface area contributed by atoms with Crippen molar-refractivity contribution in [1.82, 2.24) is 30.7 Å². The minimum Gasteiger partial charge on any atom is -0.378 e. The molecule has 0 spiro atoms. The Morgan fingerprint density at radius 3 is 2.81 bits per heavy atom. The van der Waals surface area contributed by atoms with Gasteiger partial charge in [-0.3, -0.25) is 4.79 Å². The van der Waals surface area contributed by atoms with Crippen LogP contribution in [0.1, 0.15) is 21.7 Å². The third-order valence-corrected chi connectivity index (χ3v) is 4.19. The summed E-state index contributed by atoms with van der Waals surface area (Å²) in [6.45, 7) is 0.0436. The Labute approximate surface area is 157 Å². The third kappa shape index (κ3) is 4.12. The second-order valence-corrected chi connectivity index (χ2v) is 6.05. The van der Waals surface area contributed by atoms with Gasteiger partial charge in [-0.15, -0.1) is 16.9 Å². The van der Waals surface area contributed by atoms with Crippen molar-refractivity contribution in [3.05, 3.63) is 41.2 Å². The van der Waals surface area contributed by atoms with Crippen LogP contribution in [0.5, 0.6) is 0 Å². The lowest BCUT2D eigenvalue weighted by molar-refractivity contribution is 0.0944. The van der Waals surface area contributed by atoms with Gasteiger partial charge in [0, 0.05) is 12.0 Å². The van der Waals surface area contributed by atoms with Gasteiger partial charge in [-0.05, 0) is 34.3 Å². The standard InChI is InChI=1S/C15H16N8O3S/c1-25-8-11-12(18-22-23(11)14-13(16)20-26-21-14)15(24)19-17-7-9-3-5-10(27-2)6-4-9/h3-7H,8H2,1-2H3,(H2,16,20)(H,19,24). The van der Waals surface area contributed by atoms with Crippen molar-refractivity contribution in [2.75, 3.05) is 19.1 Å². The molecule has 3 rings (SSSR count). The molecule has 11 nitrogen and oxygen atoms in total. The van der Waals surface area contributed by atoms with Crippen LogP contribution in [-0.2, 0) is 11.3 Å². The Kier molecular flexibility index (Phi) is 5.78. The number of nitrogens with one attached hydrogen (secondary N) is 1. The highest BCUT2D eigenvalue weighted by Crippen LogP contribution is 2.16. The number of hydrogen-bond donors (Lipinski definition) is 2. The monoisotopic (exact) mass is 388 g/mol. The van der Waals surface area contributed by atoms with E-state index >= 15 is 0 Å². The van der Waals surface area contributed by atoms with E-state index in [9.17, 15) is 4.79 Å². The highest BCUT2D eigenvalue weighted by molar-refractivity contribution is 7.98. The Morgan fingerprint density at radius 2 is 2.19 bits per heavy atom. The highest BCUT2D eigenvalue weighted by atomic mass is 32.2. The molecule has 27 heavy (non-hydrogen) atoms. The van der Waals surface area contributed by atoms with E-state index in [1.165, 1.54) is 18.0 Å². The Bertz CT molecular complexity index is 950. The van der Waals surface area contributed by atoms with Crippen molar-refractivity contribution in [3.63, 3.8) is 0 Å². The fraction of sp³-hybridized carbons (Fsp3) is 0.200. The molecule has 1 aromatic carbocycles. The lowest BCUT2D eigenvalue weighted by Gasteiger charge is -2.03. The molecule has 0 bridgehead atoms. The fourth-order valence-electron chi connectivity index (χ4n) is 2.16. The van der Waals surface area contributed by atoms with E-state index in [1.807, 2.05) is 30.5 Å². The summed E-state index contributed by atoms with van der Waals surface area (Å²) < 4.78 is 10.9. The normalized spacial score (nSPS) is 11.2. The van der Waals surface area contributed by atoms with Gasteiger partial charge >= 0.3 is 0 Å². The van der Waals surface area contributed by atoms with Crippen molar-refractivity contribution in [3.8, 4) is 5.82 Å². The van der Waals surface area contributed by atoms with Gasteiger partial charge in [0.25, 0.3) is 5.91 Å². The zero-order valence-electron chi connectivity index (χ0n) is 14.5. The summed E-state index contributed by atoms with van der Waals surface area (Å²) >= 11 is 1.64. The Balaban J connectivity index is 1.77. The van der Waals surface area contributed by atoms with Crippen LogP contribution in [0.2, 0.25) is 0 Å². The molecular weight excluding hydrogens is 372 g/mol. The van der Waals surface area contributed by atoms with E-state index in [0.717, 1.165) is 10.5 Å². The van der Waals surface area contributed by atoms with Crippen LogP contribution in [0.15, 0.2) is 38.9 Å². The first-order valence-corrected chi connectivity index (χ1v) is 8.86. The lowest BCUT2D eigenvalue weighted by atomic mass is 10.2. The molecular formula is C15H16N8O3S. The van der Waals surface area contributed by atoms with E-state index < -0.39 is 5.91 Å². The summed E-state index contributed by atoms with van der Waals surface area (Å²) in [4.78, 5) is 13.5. The van der Waals surface area contributed by atoms with Crippen LogP contribution in [0.25, 0.3) is 5.82 Å². The summed E-state index contributed by atoms with van der Waals surface area (Å²) in [6.07, 6.45) is 3.53. The fourth-order valence-corrected chi connectivity index (χ4v) is 2.57. The van der Waals surface area contributed by atoms with Gasteiger partial charge in [-0.25, -0.2) is 10.1 Å². The quantitative estimate of drug-likeness (QED) is 0.342. The molecule has 2 heterocycles. The van der Waals surface area contributed by atoms with Crippen molar-refractivity contribution in [2.24, 2.45) is 5.10 Å². The number of methoxy groups -OCH3 is 1. The van der Waals surface area contributed by atoms with Crippen LogP contribution >= 0.6 is 11.8 Å². The number of nitrogen functional groups attached to an aromatic ring is 1. The number of nitrogens with zero attached hydrogens (tertiary/aromatic N) is 6. The first-order valence-electron chi connectivity index (χ1n) is 7.63. The number of rotatable bonds is 7. The maximum atomic E-state index is 12.4. The van der Waals surface area contributed by atoms with E-state index in [0.29, 0.717) is 5.69 Å². The summed E-state index contributed by atoms with van der Waals surface area (Å²) in [5.41, 5.74) is 9.27. The first kappa shape index (κ1) is 18.5. The largest absolute Gasteiger partial charge is 0.378 e. The number of benzene rings is 1. The molecule has 3 aromatic rings. The summed E-state index contributed by atoms with van der Waals surface area (Å²) in [6, 6.07) is 7.72. The number of amides is 1. The molecule has 0 fully saturated rings. The smallest absolute Gasteiger partial charge is 0.293 e. The van der Waals surface area contributed by atoms with Gasteiger partial charge in [0.1, 0.15) is 5.69 Å². The number of nitrogens with two attached hydrogens (primary N) is 1. The van der Waals surface area contributed by atoms with Crippen molar-refractivity contribution >= 4 is 29.7 Å². The average Bonchev–Trinajstić information content (AvgIpc) is 3.28. The van der Waals surface area contributed by atoms with Crippen LogP contribution in [0.3, 0.4) is 0 Å². The van der Waals surface area contributed by atoms with Crippen LogP contribution in [0.4, 0.5) is 5.82 Å². The van der Waals surface area contributed by atoms with Gasteiger partial charge in [-0.2, -0.15) is 9.78 Å². The van der Waals surface area contributed by atoms with Crippen molar-refractivity contribution < 1.29 is 14.2 Å². The number of thioether (sulfide) groups is 1. The molecule has 0 aliphatic heterocycles. The van der Waals surface area contributed by atoms with Crippen LogP contribution in [-0.4, -0.2) is 50.8 Å². The number of carbonyl (C=O) groups excluding carboxylic acids is 1. The molecule has 0 saturated heterocycles. The number of hydrazone groups is 1. The molecule has 0 aliphatic carbocycles. The van der Waals surface area contributed by atoms with Crippen LogP contribution < -0.4 is 11.2 Å². The molecule has 0 atom stereocenters. The average molecular weight is 388 g/mol. The minimum absolute atomic E-state index is 0.0101. The maximum Gasteiger partial charge on any atom is 0.293 e. The molecule has 1 amide bonds. The second kappa shape index (κ2) is 8.42. The summed E-state index contributed by atoms with van der Waals surface area (Å²) in [5.74, 6) is -0.429. The molecule has 12 heteroatoms. The molecule has 0 radical (unpaired) electrons. The minimum atomic E-state index is -0.555. The zero-order chi connectivity index (χ0) is 19.2. The van der Waals surface area contributed by atoms with E-state index in [-0.39, 0.29) is 23.9 Å². The number of aromatic nitrogens is 5. The third-order valence-electron chi connectivity index (χ3n) is 3.45. The van der Waals surface area contributed by atoms with Crippen molar-refractivity contribution in [2.45, 2.75) is 11.5 Å². The Hall–Kier alpha value is -3.25. The number of carbonyl (C=O) groups is 1. The van der Waals surface area contributed by atoms with E-state index in [4.69, 9.17) is 10.5 Å². The number of ether oxygens (including phenoxy) is 1. The SMILES string of the molecule is COCc1c(C(=O)NN=Cc2ccc(SC)cc2)nnn1-c1nonc1N. The lowest BCUT2D eigenvalue weighted by Crippen LogP contribution is -2.20. The first-order chi connectivity index (χ1) is 13.1. The predicted octanol–water partition coefficient (Wildman–Crippen LogP) is 0.865. The Morgan fingerprint density at radius 1 is 1.41 bits per heavy atom. The van der Waals surface area contributed by atoms with Crippen LogP contribution in [0, 0.1) is 0 Å². The van der Waals surface area contributed by atoms with E-state index in [2.05, 4.69) is 35.8 Å². The van der Waals surface area contributed by atoms with Crippen molar-refractivity contribution in [1.29, 1.82) is 0 Å². The zero-order valence-corrected chi connectivity index (χ0v) is 15.3. The topological polar surface area (TPSA) is 146 Å². The van der Waals surface area contributed by atoms with Gasteiger partial charge < -0.3 is 10.5 Å². The van der Waals surface area contributed by atoms with Gasteiger partial charge in [0.05, 0.1) is 12.8 Å². The predicted molar refractivity (Wildman–Crippen MR) is 97.6 cm³/mol. The molecule has 2 aromatic heterocycles. The molecule has 0 saturated carbocycles. The number of hydrogen-bond acceptors (Lipinski definition) is 10. The van der Waals surface area contributed by atoms with Gasteiger partial charge in [0.15, 0.2) is 5.69 Å². The maximum absolute atomic E-state index is 12.4. The summed E-state index contributed by atoms with van der Waals surface area (Å²) in [7, 11) is 1.47. The highest BCUT2D eigenvalue weighted by Gasteiger charge is 2.23. The molecule has 140 valence electrons.